The first-order valence-electron chi connectivity index (χ1n) is 9.72. The van der Waals surface area contributed by atoms with Crippen LogP contribution in [0.4, 0.5) is 0 Å². The minimum atomic E-state index is 0.174. The number of nitrogens with one attached hydrogen (secondary N) is 1. The molecule has 4 rings (SSSR count). The van der Waals surface area contributed by atoms with E-state index in [0.717, 1.165) is 54.3 Å². The average Bonchev–Trinajstić information content (AvgIpc) is 3.26. The van der Waals surface area contributed by atoms with Crippen LogP contribution in [-0.4, -0.2) is 41.0 Å². The van der Waals surface area contributed by atoms with Crippen molar-refractivity contribution in [2.45, 2.75) is 44.7 Å². The molecule has 142 valence electrons. The fourth-order valence-corrected chi connectivity index (χ4v) is 3.93. The van der Waals surface area contributed by atoms with Crippen LogP contribution in [0.15, 0.2) is 30.5 Å². The summed E-state index contributed by atoms with van der Waals surface area (Å²) in [7, 11) is 1.66. The maximum atomic E-state index is 12.7. The number of hydrogen-bond acceptors (Lipinski definition) is 5. The lowest BCUT2D eigenvalue weighted by Gasteiger charge is -2.28. The van der Waals surface area contributed by atoms with Crippen molar-refractivity contribution >= 4 is 5.91 Å². The van der Waals surface area contributed by atoms with Crippen molar-refractivity contribution < 1.29 is 9.53 Å². The number of fused-ring (bicyclic) bond motifs is 1. The van der Waals surface area contributed by atoms with E-state index in [0.29, 0.717) is 19.4 Å². The topological polar surface area (TPSA) is 67.3 Å². The molecule has 2 aliphatic rings. The molecule has 1 amide bonds. The van der Waals surface area contributed by atoms with Crippen LogP contribution in [0.1, 0.15) is 47.9 Å². The Hall–Kier alpha value is -2.47. The summed E-state index contributed by atoms with van der Waals surface area (Å²) in [5, 5.41) is 3.45. The molecule has 1 aromatic heterocycles. The first-order chi connectivity index (χ1) is 13.2. The van der Waals surface area contributed by atoms with Crippen molar-refractivity contribution in [3.05, 3.63) is 53.1 Å². The van der Waals surface area contributed by atoms with E-state index in [1.54, 1.807) is 7.11 Å². The third-order valence-corrected chi connectivity index (χ3v) is 5.48. The number of ether oxygens (including phenoxy) is 1. The van der Waals surface area contributed by atoms with Crippen molar-refractivity contribution in [1.82, 2.24) is 20.2 Å². The molecule has 1 fully saturated rings. The molecule has 0 saturated carbocycles. The number of aryl methyl sites for hydroxylation is 1. The van der Waals surface area contributed by atoms with E-state index in [1.807, 2.05) is 35.4 Å². The molecule has 6 heteroatoms. The monoisotopic (exact) mass is 366 g/mol. The van der Waals surface area contributed by atoms with Crippen molar-refractivity contribution in [1.29, 1.82) is 0 Å². The Morgan fingerprint density at radius 3 is 3.07 bits per heavy atom. The standard InChI is InChI=1S/C21H26N4O2/c1-27-19-7-3-2-5-15(19)8-9-20(26)25-12-10-17-16(14-25)13-23-21(24-17)18-6-4-11-22-18/h2-3,5,7,13,18,22H,4,6,8-12,14H2,1H3. The van der Waals surface area contributed by atoms with Crippen molar-refractivity contribution in [2.24, 2.45) is 0 Å². The summed E-state index contributed by atoms with van der Waals surface area (Å²) in [6, 6.07) is 8.17. The van der Waals surface area contributed by atoms with Crippen LogP contribution in [0.25, 0.3) is 0 Å². The van der Waals surface area contributed by atoms with Gasteiger partial charge in [-0.15, -0.1) is 0 Å². The van der Waals surface area contributed by atoms with Gasteiger partial charge in [-0.25, -0.2) is 9.97 Å². The predicted octanol–water partition coefficient (Wildman–Crippen LogP) is 2.43. The zero-order valence-corrected chi connectivity index (χ0v) is 15.8. The van der Waals surface area contributed by atoms with Gasteiger partial charge < -0.3 is 15.0 Å². The number of carbonyl (C=O) groups excluding carboxylic acids is 1. The average molecular weight is 366 g/mol. The summed E-state index contributed by atoms with van der Waals surface area (Å²) in [5.74, 6) is 1.92. The summed E-state index contributed by atoms with van der Waals surface area (Å²) < 4.78 is 5.38. The summed E-state index contributed by atoms with van der Waals surface area (Å²) >= 11 is 0. The van der Waals surface area contributed by atoms with Gasteiger partial charge in [-0.2, -0.15) is 0 Å². The first-order valence-corrected chi connectivity index (χ1v) is 9.72. The van der Waals surface area contributed by atoms with Crippen LogP contribution in [0, 0.1) is 0 Å². The lowest BCUT2D eigenvalue weighted by atomic mass is 10.0. The Kier molecular flexibility index (Phi) is 5.34. The van der Waals surface area contributed by atoms with Gasteiger partial charge >= 0.3 is 0 Å². The number of para-hydroxylation sites is 1. The van der Waals surface area contributed by atoms with E-state index >= 15 is 0 Å². The Morgan fingerprint density at radius 1 is 1.37 bits per heavy atom. The van der Waals surface area contributed by atoms with Crippen molar-refractivity contribution in [3.63, 3.8) is 0 Å². The van der Waals surface area contributed by atoms with Crippen LogP contribution in [0.5, 0.6) is 5.75 Å². The van der Waals surface area contributed by atoms with Gasteiger partial charge in [0.2, 0.25) is 5.91 Å². The Balaban J connectivity index is 1.38. The number of rotatable bonds is 5. The number of nitrogens with zero attached hydrogens (tertiary/aromatic N) is 3. The molecule has 0 spiro atoms. The summed E-state index contributed by atoms with van der Waals surface area (Å²) in [6.45, 7) is 2.38. The highest BCUT2D eigenvalue weighted by Gasteiger charge is 2.25. The van der Waals surface area contributed by atoms with Crippen LogP contribution in [-0.2, 0) is 24.2 Å². The summed E-state index contributed by atoms with van der Waals surface area (Å²) in [6.07, 6.45) is 6.18. The molecule has 27 heavy (non-hydrogen) atoms. The summed E-state index contributed by atoms with van der Waals surface area (Å²) in [4.78, 5) is 23.9. The quantitative estimate of drug-likeness (QED) is 0.880. The largest absolute Gasteiger partial charge is 0.496 e. The molecule has 0 radical (unpaired) electrons. The molecule has 1 saturated heterocycles. The number of carbonyl (C=O) groups is 1. The van der Waals surface area contributed by atoms with Gasteiger partial charge in [0.25, 0.3) is 0 Å². The highest BCUT2D eigenvalue weighted by molar-refractivity contribution is 5.76. The Bertz CT molecular complexity index is 818. The minimum absolute atomic E-state index is 0.174. The molecule has 1 unspecified atom stereocenters. The zero-order chi connectivity index (χ0) is 18.6. The highest BCUT2D eigenvalue weighted by atomic mass is 16.5. The van der Waals surface area contributed by atoms with Gasteiger partial charge in [0.05, 0.1) is 18.8 Å². The molecule has 0 bridgehead atoms. The lowest BCUT2D eigenvalue weighted by Crippen LogP contribution is -2.37. The van der Waals surface area contributed by atoms with Gasteiger partial charge in [-0.3, -0.25) is 4.79 Å². The Labute approximate surface area is 160 Å². The number of hydrogen-bond donors (Lipinski definition) is 1. The third-order valence-electron chi connectivity index (χ3n) is 5.48. The second-order valence-corrected chi connectivity index (χ2v) is 7.23. The normalized spacial score (nSPS) is 19.0. The zero-order valence-electron chi connectivity index (χ0n) is 15.8. The minimum Gasteiger partial charge on any atom is -0.496 e. The van der Waals surface area contributed by atoms with Crippen LogP contribution in [0.3, 0.4) is 0 Å². The molecular weight excluding hydrogens is 340 g/mol. The predicted molar refractivity (Wildman–Crippen MR) is 102 cm³/mol. The fraction of sp³-hybridized carbons (Fsp3) is 0.476. The smallest absolute Gasteiger partial charge is 0.223 e. The molecule has 1 atom stereocenters. The van der Waals surface area contributed by atoms with E-state index in [4.69, 9.17) is 9.72 Å². The number of aromatic nitrogens is 2. The third kappa shape index (κ3) is 3.95. The number of amides is 1. The van der Waals surface area contributed by atoms with E-state index in [9.17, 15) is 4.79 Å². The molecule has 6 nitrogen and oxygen atoms in total. The molecular formula is C21H26N4O2. The van der Waals surface area contributed by atoms with E-state index in [1.165, 1.54) is 6.42 Å². The number of benzene rings is 1. The molecule has 3 heterocycles. The molecule has 1 aromatic carbocycles. The molecule has 2 aromatic rings. The van der Waals surface area contributed by atoms with Gasteiger partial charge in [0.1, 0.15) is 11.6 Å². The molecule has 1 N–H and O–H groups in total. The maximum absolute atomic E-state index is 12.7. The number of methoxy groups -OCH3 is 1. The van der Waals surface area contributed by atoms with E-state index < -0.39 is 0 Å². The highest BCUT2D eigenvalue weighted by Crippen LogP contribution is 2.24. The second kappa shape index (κ2) is 8.05. The second-order valence-electron chi connectivity index (χ2n) is 7.23. The fourth-order valence-electron chi connectivity index (χ4n) is 3.93. The van der Waals surface area contributed by atoms with Crippen LogP contribution >= 0.6 is 0 Å². The van der Waals surface area contributed by atoms with Gasteiger partial charge in [0.15, 0.2) is 0 Å². The first kappa shape index (κ1) is 17.9. The van der Waals surface area contributed by atoms with E-state index in [2.05, 4.69) is 10.3 Å². The SMILES string of the molecule is COc1ccccc1CCC(=O)N1CCc2nc(C3CCCN3)ncc2C1. The summed E-state index contributed by atoms with van der Waals surface area (Å²) in [5.41, 5.74) is 3.25. The molecule has 2 aliphatic heterocycles. The van der Waals surface area contributed by atoms with E-state index in [-0.39, 0.29) is 11.9 Å². The van der Waals surface area contributed by atoms with Gasteiger partial charge in [0, 0.05) is 37.7 Å². The molecule has 0 aliphatic carbocycles. The lowest BCUT2D eigenvalue weighted by molar-refractivity contribution is -0.132. The van der Waals surface area contributed by atoms with Gasteiger partial charge in [-0.05, 0) is 37.4 Å². The van der Waals surface area contributed by atoms with Crippen LogP contribution in [0.2, 0.25) is 0 Å². The maximum Gasteiger partial charge on any atom is 0.223 e. The van der Waals surface area contributed by atoms with Gasteiger partial charge in [-0.1, -0.05) is 18.2 Å². The van der Waals surface area contributed by atoms with Crippen molar-refractivity contribution in [2.75, 3.05) is 20.2 Å². The Morgan fingerprint density at radius 2 is 2.26 bits per heavy atom. The van der Waals surface area contributed by atoms with Crippen LogP contribution < -0.4 is 10.1 Å². The van der Waals surface area contributed by atoms with Crippen molar-refractivity contribution in [3.8, 4) is 5.75 Å².